The fraction of sp³-hybridized carbons (Fsp3) is 0. The van der Waals surface area contributed by atoms with Crippen LogP contribution in [0.15, 0.2) is 182 Å². The van der Waals surface area contributed by atoms with Crippen molar-refractivity contribution in [2.24, 2.45) is 0 Å². The van der Waals surface area contributed by atoms with Gasteiger partial charge in [-0.1, -0.05) is 140 Å². The van der Waals surface area contributed by atoms with E-state index < -0.39 is 0 Å². The van der Waals surface area contributed by atoms with E-state index in [0.717, 1.165) is 60.9 Å². The highest BCUT2D eigenvalue weighted by Crippen LogP contribution is 2.42. The topological polar surface area (TPSA) is 61.4 Å². The Morgan fingerprint density at radius 2 is 0.796 bits per heavy atom. The summed E-state index contributed by atoms with van der Waals surface area (Å²) in [7, 11) is 0. The van der Waals surface area contributed by atoms with Gasteiger partial charge in [-0.3, -0.25) is 9.13 Å². The van der Waals surface area contributed by atoms with E-state index in [4.69, 9.17) is 19.9 Å². The molecule has 0 saturated carbocycles. The van der Waals surface area contributed by atoms with Crippen LogP contribution >= 0.6 is 0 Å². The van der Waals surface area contributed by atoms with Crippen molar-refractivity contribution < 1.29 is 0 Å². The molecule has 54 heavy (non-hydrogen) atoms. The van der Waals surface area contributed by atoms with Crippen LogP contribution in [-0.4, -0.2) is 29.1 Å². The summed E-state index contributed by atoms with van der Waals surface area (Å²) >= 11 is 0. The Morgan fingerprint density at radius 3 is 1.33 bits per heavy atom. The first-order valence-electron chi connectivity index (χ1n) is 18.1. The van der Waals surface area contributed by atoms with Gasteiger partial charge in [0.15, 0.2) is 11.6 Å². The molecule has 0 atom stereocenters. The van der Waals surface area contributed by atoms with Gasteiger partial charge in [0.05, 0.1) is 22.1 Å². The van der Waals surface area contributed by atoms with Gasteiger partial charge >= 0.3 is 0 Å². The summed E-state index contributed by atoms with van der Waals surface area (Å²) in [5.41, 5.74) is 8.43. The van der Waals surface area contributed by atoms with Gasteiger partial charge in [-0.05, 0) is 52.7 Å². The molecule has 0 radical (unpaired) electrons. The maximum atomic E-state index is 5.14. The zero-order chi connectivity index (χ0) is 35.6. The number of para-hydroxylation sites is 2. The SMILES string of the molecule is c1ccc(-c2ccc(-n3c4ccccc4c4c5ccc6c(c5ccc43)c3ccccc3n6-c3nc(-c4ccccc4)nc(-c4ccccc4)n3)nc2)cc1. The van der Waals surface area contributed by atoms with Gasteiger partial charge in [0, 0.05) is 44.4 Å². The molecule has 0 saturated heterocycles. The van der Waals surface area contributed by atoms with Crippen molar-refractivity contribution >= 4 is 54.4 Å². The van der Waals surface area contributed by atoms with E-state index in [9.17, 15) is 0 Å². The molecule has 6 heteroatoms. The third-order valence-corrected chi connectivity index (χ3v) is 10.4. The summed E-state index contributed by atoms with van der Waals surface area (Å²) < 4.78 is 4.48. The van der Waals surface area contributed by atoms with Crippen LogP contribution in [-0.2, 0) is 0 Å². The molecule has 0 aliphatic carbocycles. The van der Waals surface area contributed by atoms with E-state index in [2.05, 4.69) is 118 Å². The molecule has 0 fully saturated rings. The highest BCUT2D eigenvalue weighted by Gasteiger charge is 2.22. The summed E-state index contributed by atoms with van der Waals surface area (Å²) in [4.78, 5) is 20.2. The van der Waals surface area contributed by atoms with E-state index in [1.165, 1.54) is 21.5 Å². The highest BCUT2D eigenvalue weighted by atomic mass is 15.2. The van der Waals surface area contributed by atoms with Crippen LogP contribution in [0.1, 0.15) is 0 Å². The van der Waals surface area contributed by atoms with Crippen molar-refractivity contribution in [2.75, 3.05) is 0 Å². The second-order valence-electron chi connectivity index (χ2n) is 13.5. The van der Waals surface area contributed by atoms with E-state index >= 15 is 0 Å². The lowest BCUT2D eigenvalue weighted by Crippen LogP contribution is -2.06. The summed E-state index contributed by atoms with van der Waals surface area (Å²) in [6, 6.07) is 61.1. The Bertz CT molecular complexity index is 3130. The molecule has 0 aliphatic heterocycles. The Kier molecular flexibility index (Phi) is 6.75. The van der Waals surface area contributed by atoms with Crippen LogP contribution in [0.5, 0.6) is 0 Å². The average Bonchev–Trinajstić information content (AvgIpc) is 3.78. The van der Waals surface area contributed by atoms with Gasteiger partial charge in [-0.2, -0.15) is 9.97 Å². The molecule has 0 N–H and O–H groups in total. The zero-order valence-corrected chi connectivity index (χ0v) is 29.0. The third kappa shape index (κ3) is 4.67. The average molecular weight is 691 g/mol. The standard InChI is InChI=1S/C48H30N6/c1-4-14-31(15-5-1)34-24-29-43(49-30-34)53-39-22-12-10-20-37(39)44-35-26-28-42-45(36(35)25-27-41(44)53)38-21-11-13-23-40(38)54(42)48-51-46(32-16-6-2-7-17-32)50-47(52-48)33-18-8-3-9-19-33/h1-30H. The summed E-state index contributed by atoms with van der Waals surface area (Å²) in [5.74, 6) is 2.73. The van der Waals surface area contributed by atoms with Crippen molar-refractivity contribution in [1.82, 2.24) is 29.1 Å². The Labute approximate surface area is 310 Å². The first-order chi connectivity index (χ1) is 26.8. The number of benzene rings is 7. The number of nitrogens with zero attached hydrogens (tertiary/aromatic N) is 6. The van der Waals surface area contributed by atoms with Crippen LogP contribution in [0.4, 0.5) is 0 Å². The van der Waals surface area contributed by atoms with Gasteiger partial charge in [0.1, 0.15) is 5.82 Å². The number of hydrogen-bond donors (Lipinski definition) is 0. The first kappa shape index (κ1) is 30.2. The van der Waals surface area contributed by atoms with Gasteiger partial charge in [0.25, 0.3) is 0 Å². The maximum Gasteiger partial charge on any atom is 0.238 e. The zero-order valence-electron chi connectivity index (χ0n) is 29.0. The van der Waals surface area contributed by atoms with Gasteiger partial charge < -0.3 is 0 Å². The summed E-state index contributed by atoms with van der Waals surface area (Å²) in [6.07, 6.45) is 1.97. The van der Waals surface area contributed by atoms with Crippen LogP contribution in [0.2, 0.25) is 0 Å². The van der Waals surface area contributed by atoms with Crippen molar-refractivity contribution in [3.8, 4) is 45.7 Å². The quantitative estimate of drug-likeness (QED) is 0.180. The number of pyridine rings is 1. The van der Waals surface area contributed by atoms with Crippen LogP contribution in [0, 0.1) is 0 Å². The van der Waals surface area contributed by atoms with Crippen molar-refractivity contribution in [2.45, 2.75) is 0 Å². The molecular weight excluding hydrogens is 661 g/mol. The molecule has 0 bridgehead atoms. The lowest BCUT2D eigenvalue weighted by atomic mass is 9.99. The molecule has 4 aromatic heterocycles. The van der Waals surface area contributed by atoms with E-state index in [0.29, 0.717) is 17.6 Å². The second kappa shape index (κ2) is 12.1. The van der Waals surface area contributed by atoms with Crippen LogP contribution in [0.25, 0.3) is 100 Å². The molecule has 0 spiro atoms. The minimum Gasteiger partial charge on any atom is -0.294 e. The molecule has 4 heterocycles. The van der Waals surface area contributed by atoms with Crippen molar-refractivity contribution in [3.63, 3.8) is 0 Å². The Morgan fingerprint density at radius 1 is 0.315 bits per heavy atom. The molecule has 7 aromatic carbocycles. The predicted molar refractivity (Wildman–Crippen MR) is 220 cm³/mol. The smallest absolute Gasteiger partial charge is 0.238 e. The number of aromatic nitrogens is 6. The van der Waals surface area contributed by atoms with Crippen LogP contribution < -0.4 is 0 Å². The molecule has 6 nitrogen and oxygen atoms in total. The summed E-state index contributed by atoms with van der Waals surface area (Å²) in [5, 5.41) is 7.05. The Balaban J connectivity index is 1.16. The molecule has 252 valence electrons. The van der Waals surface area contributed by atoms with E-state index in [1.807, 2.05) is 72.9 Å². The largest absolute Gasteiger partial charge is 0.294 e. The Hall–Kier alpha value is -7.44. The molecule has 11 aromatic rings. The second-order valence-corrected chi connectivity index (χ2v) is 13.5. The van der Waals surface area contributed by atoms with Crippen LogP contribution in [0.3, 0.4) is 0 Å². The van der Waals surface area contributed by atoms with E-state index in [-0.39, 0.29) is 0 Å². The number of hydrogen-bond acceptors (Lipinski definition) is 4. The molecule has 0 aliphatic rings. The summed E-state index contributed by atoms with van der Waals surface area (Å²) in [6.45, 7) is 0. The highest BCUT2D eigenvalue weighted by molar-refractivity contribution is 6.29. The normalized spacial score (nSPS) is 11.7. The molecule has 11 rings (SSSR count). The third-order valence-electron chi connectivity index (χ3n) is 10.4. The monoisotopic (exact) mass is 690 g/mol. The minimum atomic E-state index is 0.580. The van der Waals surface area contributed by atoms with Gasteiger partial charge in [-0.15, -0.1) is 0 Å². The maximum absolute atomic E-state index is 5.14. The van der Waals surface area contributed by atoms with Crippen molar-refractivity contribution in [3.05, 3.63) is 182 Å². The minimum absolute atomic E-state index is 0.580. The number of rotatable bonds is 5. The van der Waals surface area contributed by atoms with E-state index in [1.54, 1.807) is 0 Å². The predicted octanol–water partition coefficient (Wildman–Crippen LogP) is 11.6. The molecular formula is C48H30N6. The fourth-order valence-corrected chi connectivity index (χ4v) is 8.02. The van der Waals surface area contributed by atoms with Gasteiger partial charge in [-0.25, -0.2) is 9.97 Å². The lowest BCUT2D eigenvalue weighted by molar-refractivity contribution is 0.953. The number of fused-ring (bicyclic) bond motifs is 9. The fourth-order valence-electron chi connectivity index (χ4n) is 8.02. The first-order valence-corrected chi connectivity index (χ1v) is 18.1. The lowest BCUT2D eigenvalue weighted by Gasteiger charge is -2.11. The molecule has 0 amide bonds. The van der Waals surface area contributed by atoms with Crippen molar-refractivity contribution in [1.29, 1.82) is 0 Å². The molecule has 0 unspecified atom stereocenters. The van der Waals surface area contributed by atoms with Gasteiger partial charge in [0.2, 0.25) is 5.95 Å².